The summed E-state index contributed by atoms with van der Waals surface area (Å²) in [7, 11) is 0. The maximum atomic E-state index is 11.6. The highest BCUT2D eigenvalue weighted by atomic mass is 16.3. The van der Waals surface area contributed by atoms with Gasteiger partial charge in [-0.05, 0) is 30.5 Å². The van der Waals surface area contributed by atoms with E-state index in [0.717, 1.165) is 16.8 Å². The van der Waals surface area contributed by atoms with Crippen LogP contribution in [0.2, 0.25) is 0 Å². The van der Waals surface area contributed by atoms with Crippen molar-refractivity contribution >= 4 is 16.8 Å². The number of para-hydroxylation sites is 1. The molecule has 0 fully saturated rings. The molecular formula is C15H15N3O2. The van der Waals surface area contributed by atoms with Gasteiger partial charge in [0.15, 0.2) is 5.76 Å². The van der Waals surface area contributed by atoms with Crippen molar-refractivity contribution in [2.75, 3.05) is 0 Å². The van der Waals surface area contributed by atoms with Crippen molar-refractivity contribution in [1.29, 1.82) is 0 Å². The summed E-state index contributed by atoms with van der Waals surface area (Å²) in [5.74, 6) is 5.00. The molecular weight excluding hydrogens is 254 g/mol. The van der Waals surface area contributed by atoms with Crippen molar-refractivity contribution in [1.82, 2.24) is 9.99 Å². The van der Waals surface area contributed by atoms with Gasteiger partial charge in [0.2, 0.25) is 0 Å². The van der Waals surface area contributed by atoms with Crippen LogP contribution < -0.4 is 11.3 Å². The van der Waals surface area contributed by atoms with Crippen LogP contribution in [0.1, 0.15) is 21.8 Å². The van der Waals surface area contributed by atoms with Gasteiger partial charge in [0.05, 0.1) is 12.8 Å². The number of aromatic nitrogens is 1. The van der Waals surface area contributed by atoms with Crippen LogP contribution >= 0.6 is 0 Å². The first-order chi connectivity index (χ1) is 9.70. The standard InChI is InChI=1S/C15H15N3O2/c1-10-8-11-4-2-3-5-13(11)18(10)9-12-6-7-20-14(12)15(19)17-16/h2-8H,9,16H2,1H3,(H,17,19). The molecule has 20 heavy (non-hydrogen) atoms. The Labute approximate surface area is 115 Å². The molecule has 5 heteroatoms. The summed E-state index contributed by atoms with van der Waals surface area (Å²) in [6.07, 6.45) is 1.50. The minimum absolute atomic E-state index is 0.254. The molecule has 0 aliphatic heterocycles. The molecule has 0 bridgehead atoms. The fourth-order valence-corrected chi connectivity index (χ4v) is 2.45. The van der Waals surface area contributed by atoms with Crippen molar-refractivity contribution in [2.45, 2.75) is 13.5 Å². The van der Waals surface area contributed by atoms with Crippen LogP contribution in [0.15, 0.2) is 47.1 Å². The van der Waals surface area contributed by atoms with Crippen LogP contribution in [-0.2, 0) is 6.54 Å². The van der Waals surface area contributed by atoms with E-state index in [1.165, 1.54) is 11.6 Å². The van der Waals surface area contributed by atoms with Crippen LogP contribution in [0.4, 0.5) is 0 Å². The molecule has 2 aromatic heterocycles. The zero-order valence-electron chi connectivity index (χ0n) is 11.1. The van der Waals surface area contributed by atoms with Crippen LogP contribution in [0.3, 0.4) is 0 Å². The SMILES string of the molecule is Cc1cc2ccccc2n1Cc1ccoc1C(=O)NN. The maximum Gasteiger partial charge on any atom is 0.301 e. The molecule has 0 saturated heterocycles. The van der Waals surface area contributed by atoms with Crippen LogP contribution in [-0.4, -0.2) is 10.5 Å². The third-order valence-electron chi connectivity index (χ3n) is 3.43. The molecule has 0 atom stereocenters. The highest BCUT2D eigenvalue weighted by Crippen LogP contribution is 2.22. The van der Waals surface area contributed by atoms with Gasteiger partial charge in [-0.1, -0.05) is 18.2 Å². The predicted molar refractivity (Wildman–Crippen MR) is 76.1 cm³/mol. The first-order valence-corrected chi connectivity index (χ1v) is 6.33. The smallest absolute Gasteiger partial charge is 0.301 e. The van der Waals surface area contributed by atoms with Crippen LogP contribution in [0.5, 0.6) is 0 Å². The quantitative estimate of drug-likeness (QED) is 0.435. The third-order valence-corrected chi connectivity index (χ3v) is 3.43. The largest absolute Gasteiger partial charge is 0.459 e. The zero-order chi connectivity index (χ0) is 14.1. The van der Waals surface area contributed by atoms with Gasteiger partial charge < -0.3 is 8.98 Å². The Balaban J connectivity index is 2.04. The molecule has 0 unspecified atom stereocenters. The lowest BCUT2D eigenvalue weighted by atomic mass is 10.2. The lowest BCUT2D eigenvalue weighted by Gasteiger charge is -2.08. The summed E-state index contributed by atoms with van der Waals surface area (Å²) in [6.45, 7) is 2.61. The van der Waals surface area contributed by atoms with Crippen LogP contribution in [0.25, 0.3) is 10.9 Å². The van der Waals surface area contributed by atoms with E-state index < -0.39 is 5.91 Å². The predicted octanol–water partition coefficient (Wildman–Crippen LogP) is 2.19. The number of hydrogen-bond donors (Lipinski definition) is 2. The fraction of sp³-hybridized carbons (Fsp3) is 0.133. The van der Waals surface area contributed by atoms with E-state index in [2.05, 4.69) is 28.2 Å². The van der Waals surface area contributed by atoms with E-state index in [1.807, 2.05) is 19.1 Å². The number of benzene rings is 1. The van der Waals surface area contributed by atoms with E-state index in [-0.39, 0.29) is 5.76 Å². The topological polar surface area (TPSA) is 73.2 Å². The van der Waals surface area contributed by atoms with Crippen molar-refractivity contribution in [3.05, 3.63) is 59.7 Å². The highest BCUT2D eigenvalue weighted by molar-refractivity contribution is 5.92. The summed E-state index contributed by atoms with van der Waals surface area (Å²) < 4.78 is 7.36. The number of nitrogen functional groups attached to an aromatic ring is 1. The monoisotopic (exact) mass is 269 g/mol. The van der Waals surface area contributed by atoms with Crippen molar-refractivity contribution in [2.24, 2.45) is 5.84 Å². The van der Waals surface area contributed by atoms with Crippen LogP contribution in [0, 0.1) is 6.92 Å². The number of carbonyl (C=O) groups excluding carboxylic acids is 1. The number of nitrogens with one attached hydrogen (secondary N) is 1. The number of carbonyl (C=O) groups is 1. The molecule has 0 saturated carbocycles. The molecule has 3 rings (SSSR count). The number of nitrogens with two attached hydrogens (primary N) is 1. The fourth-order valence-electron chi connectivity index (χ4n) is 2.45. The summed E-state index contributed by atoms with van der Waals surface area (Å²) in [5.41, 5.74) is 5.16. The Kier molecular flexibility index (Phi) is 3.04. The Hall–Kier alpha value is -2.53. The molecule has 3 N–H and O–H groups in total. The minimum atomic E-state index is -0.417. The summed E-state index contributed by atoms with van der Waals surface area (Å²) >= 11 is 0. The molecule has 0 spiro atoms. The average Bonchev–Trinajstić information content (AvgIpc) is 3.04. The highest BCUT2D eigenvalue weighted by Gasteiger charge is 2.16. The van der Waals surface area contributed by atoms with Gasteiger partial charge in [-0.3, -0.25) is 10.2 Å². The first kappa shape index (κ1) is 12.5. The average molecular weight is 269 g/mol. The second kappa shape index (κ2) is 4.86. The minimum Gasteiger partial charge on any atom is -0.459 e. The van der Waals surface area contributed by atoms with E-state index in [4.69, 9.17) is 10.3 Å². The molecule has 0 aliphatic rings. The van der Waals surface area contributed by atoms with Gasteiger partial charge in [-0.15, -0.1) is 0 Å². The van der Waals surface area contributed by atoms with Gasteiger partial charge in [0.25, 0.3) is 0 Å². The number of fused-ring (bicyclic) bond motifs is 1. The normalized spacial score (nSPS) is 10.9. The van der Waals surface area contributed by atoms with Gasteiger partial charge in [0, 0.05) is 16.8 Å². The van der Waals surface area contributed by atoms with E-state index >= 15 is 0 Å². The summed E-state index contributed by atoms with van der Waals surface area (Å²) in [5, 5.41) is 1.18. The Morgan fingerprint density at radius 2 is 2.15 bits per heavy atom. The summed E-state index contributed by atoms with van der Waals surface area (Å²) in [4.78, 5) is 11.6. The Morgan fingerprint density at radius 1 is 1.35 bits per heavy atom. The Morgan fingerprint density at radius 3 is 2.95 bits per heavy atom. The number of rotatable bonds is 3. The second-order valence-electron chi connectivity index (χ2n) is 4.68. The number of furan rings is 1. The van der Waals surface area contributed by atoms with Gasteiger partial charge in [-0.2, -0.15) is 0 Å². The number of amides is 1. The molecule has 2 heterocycles. The number of nitrogens with zero attached hydrogens (tertiary/aromatic N) is 1. The lowest BCUT2D eigenvalue weighted by molar-refractivity contribution is 0.0924. The molecule has 0 aliphatic carbocycles. The number of hydrazine groups is 1. The van der Waals surface area contributed by atoms with E-state index in [9.17, 15) is 4.79 Å². The van der Waals surface area contributed by atoms with Crippen molar-refractivity contribution < 1.29 is 9.21 Å². The molecule has 1 aromatic carbocycles. The summed E-state index contributed by atoms with van der Waals surface area (Å²) in [6, 6.07) is 12.1. The van der Waals surface area contributed by atoms with Crippen molar-refractivity contribution in [3.8, 4) is 0 Å². The maximum absolute atomic E-state index is 11.6. The molecule has 0 radical (unpaired) electrons. The zero-order valence-corrected chi connectivity index (χ0v) is 11.1. The lowest BCUT2D eigenvalue weighted by Crippen LogP contribution is -2.30. The molecule has 5 nitrogen and oxygen atoms in total. The third kappa shape index (κ3) is 1.98. The van der Waals surface area contributed by atoms with Crippen molar-refractivity contribution in [3.63, 3.8) is 0 Å². The van der Waals surface area contributed by atoms with Gasteiger partial charge in [0.1, 0.15) is 0 Å². The Bertz CT molecular complexity index is 770. The molecule has 102 valence electrons. The number of hydrogen-bond acceptors (Lipinski definition) is 3. The van der Waals surface area contributed by atoms with E-state index in [0.29, 0.717) is 6.54 Å². The van der Waals surface area contributed by atoms with Gasteiger partial charge in [-0.25, -0.2) is 5.84 Å². The van der Waals surface area contributed by atoms with E-state index in [1.54, 1.807) is 6.07 Å². The van der Waals surface area contributed by atoms with Gasteiger partial charge >= 0.3 is 5.91 Å². The first-order valence-electron chi connectivity index (χ1n) is 6.33. The molecule has 3 aromatic rings. The second-order valence-corrected chi connectivity index (χ2v) is 4.68. The molecule has 1 amide bonds. The number of aryl methyl sites for hydroxylation is 1.